The van der Waals surface area contributed by atoms with E-state index in [1.165, 1.54) is 17.7 Å². The second kappa shape index (κ2) is 5.32. The lowest BCUT2D eigenvalue weighted by Crippen LogP contribution is -1.95. The van der Waals surface area contributed by atoms with E-state index in [1.54, 1.807) is 12.1 Å². The average molecular weight is 295 g/mol. The Kier molecular flexibility index (Phi) is 3.79. The molecule has 0 unspecified atom stereocenters. The molecule has 0 N–H and O–H groups in total. The first-order valence-corrected chi connectivity index (χ1v) is 6.08. The van der Waals surface area contributed by atoms with E-state index in [0.717, 1.165) is 10.0 Å². The molecule has 0 aliphatic rings. The lowest BCUT2D eigenvalue weighted by molar-refractivity contribution is 0.305. The van der Waals surface area contributed by atoms with E-state index >= 15 is 0 Å². The lowest BCUT2D eigenvalue weighted by Gasteiger charge is -2.07. The van der Waals surface area contributed by atoms with Crippen molar-refractivity contribution in [2.24, 2.45) is 0 Å². The number of hydrogen-bond donors (Lipinski definition) is 0. The molecule has 0 atom stereocenters. The van der Waals surface area contributed by atoms with Gasteiger partial charge in [0.1, 0.15) is 18.2 Å². The first-order chi connectivity index (χ1) is 8.15. The van der Waals surface area contributed by atoms with Gasteiger partial charge in [0.2, 0.25) is 0 Å². The van der Waals surface area contributed by atoms with Gasteiger partial charge in [0.15, 0.2) is 0 Å². The summed E-state index contributed by atoms with van der Waals surface area (Å²) in [5.74, 6) is 0.415. The zero-order chi connectivity index (χ0) is 12.3. The van der Waals surface area contributed by atoms with Crippen molar-refractivity contribution in [3.05, 3.63) is 63.9 Å². The van der Waals surface area contributed by atoms with Crippen molar-refractivity contribution in [1.29, 1.82) is 0 Å². The Bertz CT molecular complexity index is 508. The predicted molar refractivity (Wildman–Crippen MR) is 69.6 cm³/mol. The van der Waals surface area contributed by atoms with Crippen molar-refractivity contribution in [1.82, 2.24) is 0 Å². The summed E-state index contributed by atoms with van der Waals surface area (Å²) < 4.78 is 19.3. The van der Waals surface area contributed by atoms with Gasteiger partial charge in [-0.1, -0.05) is 28.1 Å². The molecule has 0 spiro atoms. The van der Waals surface area contributed by atoms with Crippen LogP contribution in [0.1, 0.15) is 11.1 Å². The Balaban J connectivity index is 2.02. The molecule has 0 aliphatic heterocycles. The van der Waals surface area contributed by atoms with Gasteiger partial charge in [-0.25, -0.2) is 4.39 Å². The van der Waals surface area contributed by atoms with Gasteiger partial charge in [-0.2, -0.15) is 0 Å². The molecular weight excluding hydrogens is 283 g/mol. The minimum atomic E-state index is -0.254. The molecule has 0 fully saturated rings. The minimum Gasteiger partial charge on any atom is -0.489 e. The third-order valence-electron chi connectivity index (χ3n) is 2.46. The summed E-state index contributed by atoms with van der Waals surface area (Å²) in [5, 5.41) is 0. The summed E-state index contributed by atoms with van der Waals surface area (Å²) in [6, 6.07) is 12.1. The quantitative estimate of drug-likeness (QED) is 0.811. The van der Waals surface area contributed by atoms with Crippen LogP contribution in [-0.4, -0.2) is 0 Å². The highest BCUT2D eigenvalue weighted by atomic mass is 79.9. The van der Waals surface area contributed by atoms with E-state index in [1.807, 2.05) is 25.1 Å². The molecule has 1 nitrogen and oxygen atoms in total. The second-order valence-corrected chi connectivity index (χ2v) is 4.68. The van der Waals surface area contributed by atoms with Crippen LogP contribution in [0.3, 0.4) is 0 Å². The average Bonchev–Trinajstić information content (AvgIpc) is 2.33. The van der Waals surface area contributed by atoms with Crippen molar-refractivity contribution >= 4 is 15.9 Å². The molecule has 0 saturated heterocycles. The van der Waals surface area contributed by atoms with Gasteiger partial charge in [-0.05, 0) is 48.4 Å². The SMILES string of the molecule is Cc1ccc(COc2ccc(F)cc2)cc1Br. The molecule has 0 heterocycles. The number of hydrogen-bond acceptors (Lipinski definition) is 1. The summed E-state index contributed by atoms with van der Waals surface area (Å²) >= 11 is 3.48. The number of aryl methyl sites for hydroxylation is 1. The normalized spacial score (nSPS) is 10.3. The van der Waals surface area contributed by atoms with Crippen molar-refractivity contribution in [2.45, 2.75) is 13.5 Å². The van der Waals surface area contributed by atoms with Crippen LogP contribution in [0.15, 0.2) is 46.9 Å². The number of rotatable bonds is 3. The molecule has 2 aromatic rings. The van der Waals surface area contributed by atoms with Gasteiger partial charge in [-0.15, -0.1) is 0 Å². The highest BCUT2D eigenvalue weighted by Gasteiger charge is 1.99. The summed E-state index contributed by atoms with van der Waals surface area (Å²) in [5.41, 5.74) is 2.27. The predicted octanol–water partition coefficient (Wildman–Crippen LogP) is 4.48. The van der Waals surface area contributed by atoms with E-state index in [-0.39, 0.29) is 5.82 Å². The van der Waals surface area contributed by atoms with Crippen LogP contribution in [0.4, 0.5) is 4.39 Å². The summed E-state index contributed by atoms with van der Waals surface area (Å²) in [6.45, 7) is 2.51. The highest BCUT2D eigenvalue weighted by molar-refractivity contribution is 9.10. The van der Waals surface area contributed by atoms with Gasteiger partial charge in [0.25, 0.3) is 0 Å². The number of halogens is 2. The standard InChI is InChI=1S/C14H12BrFO/c1-10-2-3-11(8-14(10)15)9-17-13-6-4-12(16)5-7-13/h2-8H,9H2,1H3. The Morgan fingerprint density at radius 1 is 1.12 bits per heavy atom. The maximum absolute atomic E-state index is 12.7. The molecule has 0 radical (unpaired) electrons. The zero-order valence-corrected chi connectivity index (χ0v) is 11.0. The van der Waals surface area contributed by atoms with Crippen molar-refractivity contribution < 1.29 is 9.13 Å². The molecule has 2 aromatic carbocycles. The van der Waals surface area contributed by atoms with Crippen molar-refractivity contribution in [2.75, 3.05) is 0 Å². The maximum Gasteiger partial charge on any atom is 0.123 e. The van der Waals surface area contributed by atoms with Gasteiger partial charge in [-0.3, -0.25) is 0 Å². The van der Waals surface area contributed by atoms with Crippen molar-refractivity contribution in [3.8, 4) is 5.75 Å². The Labute approximate surface area is 108 Å². The molecule has 0 amide bonds. The van der Waals surface area contributed by atoms with Crippen LogP contribution in [0.5, 0.6) is 5.75 Å². The smallest absolute Gasteiger partial charge is 0.123 e. The molecule has 0 aromatic heterocycles. The van der Waals surface area contributed by atoms with E-state index in [2.05, 4.69) is 15.9 Å². The van der Waals surface area contributed by atoms with Crippen LogP contribution in [0.25, 0.3) is 0 Å². The molecule has 0 aliphatic carbocycles. The fraction of sp³-hybridized carbons (Fsp3) is 0.143. The summed E-state index contributed by atoms with van der Waals surface area (Å²) in [4.78, 5) is 0. The van der Waals surface area contributed by atoms with Crippen LogP contribution in [0, 0.1) is 12.7 Å². The van der Waals surface area contributed by atoms with E-state index < -0.39 is 0 Å². The number of benzene rings is 2. The van der Waals surface area contributed by atoms with Gasteiger partial charge in [0, 0.05) is 4.47 Å². The number of ether oxygens (including phenoxy) is 1. The van der Waals surface area contributed by atoms with E-state index in [9.17, 15) is 4.39 Å². The largest absolute Gasteiger partial charge is 0.489 e. The minimum absolute atomic E-state index is 0.254. The molecule has 88 valence electrons. The van der Waals surface area contributed by atoms with E-state index in [4.69, 9.17) is 4.74 Å². The fourth-order valence-corrected chi connectivity index (χ4v) is 1.85. The Morgan fingerprint density at radius 2 is 1.82 bits per heavy atom. The topological polar surface area (TPSA) is 9.23 Å². The maximum atomic E-state index is 12.7. The molecule has 0 bridgehead atoms. The summed E-state index contributed by atoms with van der Waals surface area (Å²) in [6.07, 6.45) is 0. The van der Waals surface area contributed by atoms with Crippen LogP contribution >= 0.6 is 15.9 Å². The highest BCUT2D eigenvalue weighted by Crippen LogP contribution is 2.19. The molecule has 3 heteroatoms. The lowest BCUT2D eigenvalue weighted by atomic mass is 10.2. The second-order valence-electron chi connectivity index (χ2n) is 3.83. The molecule has 0 saturated carbocycles. The van der Waals surface area contributed by atoms with Crippen LogP contribution in [0.2, 0.25) is 0 Å². The third kappa shape index (κ3) is 3.30. The molecular formula is C14H12BrFO. The first kappa shape index (κ1) is 12.1. The first-order valence-electron chi connectivity index (χ1n) is 5.28. The molecule has 17 heavy (non-hydrogen) atoms. The van der Waals surface area contributed by atoms with Crippen LogP contribution in [-0.2, 0) is 6.61 Å². The monoisotopic (exact) mass is 294 g/mol. The van der Waals surface area contributed by atoms with Gasteiger partial charge >= 0.3 is 0 Å². The third-order valence-corrected chi connectivity index (χ3v) is 3.31. The fourth-order valence-electron chi connectivity index (χ4n) is 1.42. The van der Waals surface area contributed by atoms with E-state index in [0.29, 0.717) is 12.4 Å². The van der Waals surface area contributed by atoms with Crippen LogP contribution < -0.4 is 4.74 Å². The summed E-state index contributed by atoms with van der Waals surface area (Å²) in [7, 11) is 0. The van der Waals surface area contributed by atoms with Gasteiger partial charge in [0.05, 0.1) is 0 Å². The Hall–Kier alpha value is -1.35. The molecule has 2 rings (SSSR count). The zero-order valence-electron chi connectivity index (χ0n) is 9.41. The van der Waals surface area contributed by atoms with Crippen molar-refractivity contribution in [3.63, 3.8) is 0 Å². The van der Waals surface area contributed by atoms with Gasteiger partial charge < -0.3 is 4.74 Å². The Morgan fingerprint density at radius 3 is 2.47 bits per heavy atom.